The number of cyclic esters (lactones) is 1. The molecule has 2 saturated heterocycles. The Labute approximate surface area is 171 Å². The second-order valence-electron chi connectivity index (χ2n) is 9.81. The van der Waals surface area contributed by atoms with Crippen molar-refractivity contribution in [2.45, 2.75) is 70.7 Å². The zero-order chi connectivity index (χ0) is 21.0. The van der Waals surface area contributed by atoms with Crippen LogP contribution in [0.3, 0.4) is 0 Å². The molecule has 0 amide bonds. The van der Waals surface area contributed by atoms with Gasteiger partial charge in [0.15, 0.2) is 0 Å². The van der Waals surface area contributed by atoms with Crippen LogP contribution >= 0.6 is 0 Å². The van der Waals surface area contributed by atoms with Crippen LogP contribution in [0.1, 0.15) is 52.9 Å². The predicted molar refractivity (Wildman–Crippen MR) is 103 cm³/mol. The van der Waals surface area contributed by atoms with Gasteiger partial charge >= 0.3 is 11.9 Å². The molecule has 0 aromatic heterocycles. The van der Waals surface area contributed by atoms with Crippen molar-refractivity contribution in [2.75, 3.05) is 19.8 Å². The van der Waals surface area contributed by atoms with E-state index in [-0.39, 0.29) is 48.1 Å². The normalized spacial score (nSPS) is 47.8. The molecule has 0 aromatic rings. The van der Waals surface area contributed by atoms with Crippen LogP contribution in [0.25, 0.3) is 0 Å². The molecule has 2 N–H and O–H groups in total. The molecule has 2 aliphatic carbocycles. The molecule has 29 heavy (non-hydrogen) atoms. The average molecular weight is 408 g/mol. The molecule has 162 valence electrons. The second-order valence-corrected chi connectivity index (χ2v) is 9.81. The van der Waals surface area contributed by atoms with Crippen molar-refractivity contribution in [3.05, 3.63) is 11.6 Å². The summed E-state index contributed by atoms with van der Waals surface area (Å²) in [7, 11) is 0. The molecule has 7 heteroatoms. The van der Waals surface area contributed by atoms with Gasteiger partial charge in [0.25, 0.3) is 0 Å². The largest absolute Gasteiger partial charge is 0.462 e. The van der Waals surface area contributed by atoms with Crippen LogP contribution in [-0.4, -0.2) is 59.8 Å². The van der Waals surface area contributed by atoms with Crippen LogP contribution in [0.4, 0.5) is 0 Å². The number of carbonyl (C=O) groups is 2. The number of rotatable bonds is 4. The number of hydrogen-bond acceptors (Lipinski definition) is 7. The quantitative estimate of drug-likeness (QED) is 0.415. The summed E-state index contributed by atoms with van der Waals surface area (Å²) in [5, 5.41) is 20.4. The van der Waals surface area contributed by atoms with Gasteiger partial charge in [-0.3, -0.25) is 4.79 Å². The molecule has 0 radical (unpaired) electrons. The second kappa shape index (κ2) is 7.06. The maximum absolute atomic E-state index is 11.9. The van der Waals surface area contributed by atoms with E-state index in [4.69, 9.17) is 14.2 Å². The molecule has 2 saturated carbocycles. The monoisotopic (exact) mass is 408 g/mol. The fourth-order valence-electron chi connectivity index (χ4n) is 6.62. The van der Waals surface area contributed by atoms with Gasteiger partial charge in [-0.15, -0.1) is 0 Å². The van der Waals surface area contributed by atoms with Gasteiger partial charge in [0.1, 0.15) is 18.8 Å². The van der Waals surface area contributed by atoms with Gasteiger partial charge in [-0.05, 0) is 49.4 Å². The molecule has 0 aromatic carbocycles. The van der Waals surface area contributed by atoms with Crippen molar-refractivity contribution < 1.29 is 34.0 Å². The van der Waals surface area contributed by atoms with E-state index in [1.54, 1.807) is 0 Å². The van der Waals surface area contributed by atoms with Crippen LogP contribution < -0.4 is 0 Å². The minimum absolute atomic E-state index is 0.0174. The van der Waals surface area contributed by atoms with Gasteiger partial charge in [-0.1, -0.05) is 19.9 Å². The molecule has 2 aliphatic heterocycles. The number of fused-ring (bicyclic) bond motifs is 1. The number of carbonyl (C=O) groups excluding carboxylic acids is 2. The van der Waals surface area contributed by atoms with Crippen LogP contribution in [0.5, 0.6) is 0 Å². The zero-order valence-electron chi connectivity index (χ0n) is 17.5. The third-order valence-electron chi connectivity index (χ3n) is 8.26. The van der Waals surface area contributed by atoms with E-state index >= 15 is 0 Å². The first-order chi connectivity index (χ1) is 13.7. The van der Waals surface area contributed by atoms with Crippen LogP contribution in [0.15, 0.2) is 11.6 Å². The molecule has 4 rings (SSSR count). The summed E-state index contributed by atoms with van der Waals surface area (Å²) >= 11 is 0. The Bertz CT molecular complexity index is 727. The Morgan fingerprint density at radius 2 is 2.03 bits per heavy atom. The van der Waals surface area contributed by atoms with E-state index in [1.807, 2.05) is 13.0 Å². The van der Waals surface area contributed by atoms with Gasteiger partial charge in [-0.25, -0.2) is 4.79 Å². The number of aliphatic hydroxyl groups is 2. The number of epoxide rings is 1. The van der Waals surface area contributed by atoms with E-state index in [0.29, 0.717) is 25.0 Å². The summed E-state index contributed by atoms with van der Waals surface area (Å²) in [6, 6.07) is 0. The van der Waals surface area contributed by atoms with Crippen LogP contribution in [-0.2, 0) is 23.8 Å². The lowest BCUT2D eigenvalue weighted by atomic mass is 9.45. The minimum atomic E-state index is -0.867. The molecule has 4 aliphatic rings. The molecule has 1 spiro atoms. The Morgan fingerprint density at radius 1 is 1.31 bits per heavy atom. The summed E-state index contributed by atoms with van der Waals surface area (Å²) in [4.78, 5) is 23.6. The molecular weight excluding hydrogens is 376 g/mol. The first-order valence-corrected chi connectivity index (χ1v) is 10.6. The summed E-state index contributed by atoms with van der Waals surface area (Å²) < 4.78 is 16.5. The molecule has 0 bridgehead atoms. The van der Waals surface area contributed by atoms with Crippen LogP contribution in [0.2, 0.25) is 0 Å². The molecular formula is C22H32O7. The van der Waals surface area contributed by atoms with Gasteiger partial charge in [0, 0.05) is 12.3 Å². The van der Waals surface area contributed by atoms with Gasteiger partial charge in [0.05, 0.1) is 24.4 Å². The highest BCUT2D eigenvalue weighted by Crippen LogP contribution is 2.66. The first-order valence-electron chi connectivity index (χ1n) is 10.6. The Balaban J connectivity index is 1.64. The fourth-order valence-corrected chi connectivity index (χ4v) is 6.62. The summed E-state index contributed by atoms with van der Waals surface area (Å²) in [5.41, 5.74) is -0.509. The lowest BCUT2D eigenvalue weighted by Gasteiger charge is -2.61. The standard InChI is InChI=1S/C22H32O7/c1-13(24)29-18-7-8-20(2)16(21(18,3)11-23)6-9-22(12-28-22)17(20)5-4-14-15(25)10-27-19(14)26/h4,15-18,23,25H,5-12H2,1-3H3/b14-4+/t15-,16?,17?,18-,20+,21+,22+/m1/s1. The third-order valence-corrected chi connectivity index (χ3v) is 8.26. The molecule has 2 unspecified atom stereocenters. The Kier molecular flexibility index (Phi) is 5.07. The van der Waals surface area contributed by atoms with Crippen LogP contribution in [0, 0.1) is 22.7 Å². The van der Waals surface area contributed by atoms with Crippen molar-refractivity contribution in [1.29, 1.82) is 0 Å². The van der Waals surface area contributed by atoms with Crippen molar-refractivity contribution in [3.63, 3.8) is 0 Å². The van der Waals surface area contributed by atoms with Crippen molar-refractivity contribution in [2.24, 2.45) is 22.7 Å². The van der Waals surface area contributed by atoms with E-state index in [2.05, 4.69) is 6.92 Å². The maximum Gasteiger partial charge on any atom is 0.336 e. The SMILES string of the molecule is CC(=O)O[C@@H]1CC[C@]2(C)C(C/C=C3/C(=O)OC[C@H]3O)[C@]3(CCC2[C@]1(C)CO)CO3. The third kappa shape index (κ3) is 3.22. The Hall–Kier alpha value is -1.44. The maximum atomic E-state index is 11.9. The zero-order valence-corrected chi connectivity index (χ0v) is 17.5. The average Bonchev–Trinajstić information content (AvgIpc) is 3.36. The van der Waals surface area contributed by atoms with Gasteiger partial charge in [0.2, 0.25) is 0 Å². The van der Waals surface area contributed by atoms with E-state index < -0.39 is 17.5 Å². The lowest BCUT2D eigenvalue weighted by molar-refractivity contribution is -0.196. The predicted octanol–water partition coefficient (Wildman–Crippen LogP) is 1.75. The first kappa shape index (κ1) is 20.8. The fraction of sp³-hybridized carbons (Fsp3) is 0.818. The Morgan fingerprint density at radius 3 is 2.59 bits per heavy atom. The highest BCUT2D eigenvalue weighted by Gasteiger charge is 2.67. The number of ether oxygens (including phenoxy) is 3. The number of hydrogen-bond donors (Lipinski definition) is 2. The van der Waals surface area contributed by atoms with Crippen molar-refractivity contribution >= 4 is 11.9 Å². The lowest BCUT2D eigenvalue weighted by Crippen LogP contribution is -2.61. The summed E-state index contributed by atoms with van der Waals surface area (Å²) in [6.07, 6.45) is 4.62. The highest BCUT2D eigenvalue weighted by atomic mass is 16.6. The number of aliphatic hydroxyl groups excluding tert-OH is 2. The summed E-state index contributed by atoms with van der Waals surface area (Å²) in [6.45, 7) is 6.38. The summed E-state index contributed by atoms with van der Waals surface area (Å²) in [5.74, 6) is -0.437. The minimum Gasteiger partial charge on any atom is -0.462 e. The number of allylic oxidation sites excluding steroid dienone is 1. The van der Waals surface area contributed by atoms with E-state index in [9.17, 15) is 19.8 Å². The molecule has 7 atom stereocenters. The smallest absolute Gasteiger partial charge is 0.336 e. The van der Waals surface area contributed by atoms with Gasteiger partial charge < -0.3 is 24.4 Å². The molecule has 7 nitrogen and oxygen atoms in total. The number of esters is 2. The van der Waals surface area contributed by atoms with Crippen molar-refractivity contribution in [3.8, 4) is 0 Å². The van der Waals surface area contributed by atoms with Crippen molar-refractivity contribution in [1.82, 2.24) is 0 Å². The molecule has 2 heterocycles. The molecule has 4 fully saturated rings. The van der Waals surface area contributed by atoms with E-state index in [1.165, 1.54) is 6.92 Å². The van der Waals surface area contributed by atoms with E-state index in [0.717, 1.165) is 19.3 Å². The topological polar surface area (TPSA) is 106 Å². The van der Waals surface area contributed by atoms with Gasteiger partial charge in [-0.2, -0.15) is 0 Å². The highest BCUT2D eigenvalue weighted by molar-refractivity contribution is 5.91.